The van der Waals surface area contributed by atoms with E-state index in [2.05, 4.69) is 20.2 Å². The van der Waals surface area contributed by atoms with Crippen molar-refractivity contribution < 1.29 is 27.0 Å². The van der Waals surface area contributed by atoms with E-state index in [0.717, 1.165) is 11.1 Å². The molecule has 0 N–H and O–H groups in total. The molecule has 0 saturated heterocycles. The lowest BCUT2D eigenvalue weighted by Gasteiger charge is -2.19. The molecule has 0 spiro atoms. The molecule has 0 aliphatic heterocycles. The second-order valence-corrected chi connectivity index (χ2v) is 12.6. The lowest BCUT2D eigenvalue weighted by molar-refractivity contribution is 0.117. The normalized spacial score (nSPS) is 12.3. The highest BCUT2D eigenvalue weighted by molar-refractivity contribution is 7.91. The number of aromatic nitrogens is 5. The molecule has 1 atom stereocenters. The number of hydrogen-bond donors (Lipinski definition) is 0. The highest BCUT2D eigenvalue weighted by atomic mass is 32.2. The van der Waals surface area contributed by atoms with Gasteiger partial charge in [0.1, 0.15) is 34.5 Å². The van der Waals surface area contributed by atoms with Crippen molar-refractivity contribution in [1.29, 1.82) is 0 Å². The summed E-state index contributed by atoms with van der Waals surface area (Å²) in [7, 11) is -0.797. The first-order valence-corrected chi connectivity index (χ1v) is 15.8. The maximum absolute atomic E-state index is 14.2. The predicted molar refractivity (Wildman–Crippen MR) is 165 cm³/mol. The van der Waals surface area contributed by atoms with E-state index in [-0.39, 0.29) is 25.3 Å². The van der Waals surface area contributed by atoms with Gasteiger partial charge in [-0.3, -0.25) is 4.57 Å². The lowest BCUT2D eigenvalue weighted by Crippen LogP contribution is -2.29. The SMILES string of the molecule is COc1cccc(OC)c1-n1c(CS(=O)(=O)[C@H](CCOCc2ccccc2)Cc2ncc(C)cn2)nnc1-c1ccc(C)o1. The highest BCUT2D eigenvalue weighted by Crippen LogP contribution is 2.37. The zero-order valence-corrected chi connectivity index (χ0v) is 26.0. The molecule has 11 nitrogen and oxygen atoms in total. The van der Waals surface area contributed by atoms with Crippen LogP contribution in [-0.4, -0.2) is 59.2 Å². The Labute approximate surface area is 256 Å². The van der Waals surface area contributed by atoms with Gasteiger partial charge in [0.15, 0.2) is 21.4 Å². The number of rotatable bonds is 14. The third-order valence-electron chi connectivity index (χ3n) is 7.09. The summed E-state index contributed by atoms with van der Waals surface area (Å²) in [5.74, 6) is 2.50. The largest absolute Gasteiger partial charge is 0.494 e. The second kappa shape index (κ2) is 13.8. The first-order chi connectivity index (χ1) is 21.3. The van der Waals surface area contributed by atoms with Gasteiger partial charge in [0.05, 0.1) is 26.1 Å². The Morgan fingerprint density at radius 1 is 0.886 bits per heavy atom. The minimum atomic E-state index is -3.86. The van der Waals surface area contributed by atoms with Crippen LogP contribution >= 0.6 is 0 Å². The van der Waals surface area contributed by atoms with E-state index in [1.807, 2.05) is 44.2 Å². The van der Waals surface area contributed by atoms with E-state index in [1.54, 1.807) is 47.3 Å². The lowest BCUT2D eigenvalue weighted by atomic mass is 10.2. The number of furan rings is 1. The Hall–Kier alpha value is -4.55. The topological polar surface area (TPSA) is 131 Å². The number of benzene rings is 2. The average Bonchev–Trinajstić information content (AvgIpc) is 3.64. The fourth-order valence-electron chi connectivity index (χ4n) is 4.83. The molecule has 44 heavy (non-hydrogen) atoms. The molecule has 3 heterocycles. The van der Waals surface area contributed by atoms with Crippen LogP contribution in [0.25, 0.3) is 17.3 Å². The van der Waals surface area contributed by atoms with E-state index < -0.39 is 20.8 Å². The van der Waals surface area contributed by atoms with Crippen LogP contribution in [0.3, 0.4) is 0 Å². The summed E-state index contributed by atoms with van der Waals surface area (Å²) in [6, 6.07) is 18.6. The fourth-order valence-corrected chi connectivity index (χ4v) is 6.47. The van der Waals surface area contributed by atoms with Crippen LogP contribution in [0.15, 0.2) is 77.5 Å². The Bertz CT molecular complexity index is 1760. The van der Waals surface area contributed by atoms with Crippen LogP contribution in [0, 0.1) is 13.8 Å². The molecule has 3 aromatic heterocycles. The molecule has 12 heteroatoms. The van der Waals surface area contributed by atoms with Gasteiger partial charge < -0.3 is 18.6 Å². The van der Waals surface area contributed by atoms with Crippen LogP contribution in [0.4, 0.5) is 0 Å². The van der Waals surface area contributed by atoms with E-state index in [4.69, 9.17) is 18.6 Å². The Balaban J connectivity index is 1.50. The molecule has 0 amide bonds. The van der Waals surface area contributed by atoms with Crippen LogP contribution in [0.5, 0.6) is 11.5 Å². The molecular weight excluding hydrogens is 582 g/mol. The summed E-state index contributed by atoms with van der Waals surface area (Å²) < 4.78 is 53.1. The van der Waals surface area contributed by atoms with Gasteiger partial charge in [-0.2, -0.15) is 0 Å². The van der Waals surface area contributed by atoms with Crippen LogP contribution in [-0.2, 0) is 33.4 Å². The number of aryl methyl sites for hydroxylation is 2. The van der Waals surface area contributed by atoms with Gasteiger partial charge in [-0.25, -0.2) is 18.4 Å². The number of hydrogen-bond acceptors (Lipinski definition) is 10. The summed E-state index contributed by atoms with van der Waals surface area (Å²) >= 11 is 0. The van der Waals surface area contributed by atoms with Crippen LogP contribution < -0.4 is 9.47 Å². The zero-order chi connectivity index (χ0) is 31.1. The van der Waals surface area contributed by atoms with Crippen molar-refractivity contribution in [2.45, 2.75) is 44.3 Å². The molecule has 0 fully saturated rings. The molecule has 0 aliphatic rings. The van der Waals surface area contributed by atoms with Gasteiger partial charge in [-0.1, -0.05) is 36.4 Å². The summed E-state index contributed by atoms with van der Waals surface area (Å²) in [6.45, 7) is 4.31. The third-order valence-corrected chi connectivity index (χ3v) is 9.17. The van der Waals surface area contributed by atoms with Crippen LogP contribution in [0.1, 0.15) is 35.0 Å². The quantitative estimate of drug-likeness (QED) is 0.155. The zero-order valence-electron chi connectivity index (χ0n) is 25.1. The van der Waals surface area contributed by atoms with Crippen molar-refractivity contribution >= 4 is 9.84 Å². The number of ether oxygens (including phenoxy) is 3. The molecule has 2 aromatic carbocycles. The number of para-hydroxylation sites is 1. The first kappa shape index (κ1) is 30.9. The Kier molecular flexibility index (Phi) is 9.71. The second-order valence-electron chi connectivity index (χ2n) is 10.3. The Morgan fingerprint density at radius 3 is 2.23 bits per heavy atom. The van der Waals surface area contributed by atoms with Crippen molar-refractivity contribution in [3.05, 3.63) is 102 Å². The van der Waals surface area contributed by atoms with Gasteiger partial charge in [-0.15, -0.1) is 10.2 Å². The molecule has 0 radical (unpaired) electrons. The average molecular weight is 618 g/mol. The predicted octanol–water partition coefficient (Wildman–Crippen LogP) is 5.08. The summed E-state index contributed by atoms with van der Waals surface area (Å²) in [6.07, 6.45) is 3.72. The van der Waals surface area contributed by atoms with Gasteiger partial charge in [0, 0.05) is 25.4 Å². The maximum Gasteiger partial charge on any atom is 0.204 e. The fraction of sp³-hybridized carbons (Fsp3) is 0.312. The smallest absolute Gasteiger partial charge is 0.204 e. The number of sulfone groups is 1. The van der Waals surface area contributed by atoms with Crippen molar-refractivity contribution in [1.82, 2.24) is 24.7 Å². The number of methoxy groups -OCH3 is 2. The van der Waals surface area contributed by atoms with Gasteiger partial charge in [0.2, 0.25) is 5.82 Å². The molecule has 230 valence electrons. The molecule has 0 saturated carbocycles. The summed E-state index contributed by atoms with van der Waals surface area (Å²) in [5, 5.41) is 7.87. The number of nitrogens with zero attached hydrogens (tertiary/aromatic N) is 5. The standard InChI is InChI=1S/C32H35N5O6S/c1-22-18-33-29(34-19-22)17-25(15-16-42-20-24-9-6-5-7-10-24)44(38,39)21-30-35-36-32(28-14-13-23(2)43-28)37(30)31-26(40-3)11-8-12-27(31)41-4/h5-14,18-19,25H,15-17,20-21H2,1-4H3/t25-/m1/s1. The van der Waals surface area contributed by atoms with E-state index in [1.165, 1.54) is 14.2 Å². The monoisotopic (exact) mass is 617 g/mol. The van der Waals surface area contributed by atoms with Crippen molar-refractivity contribution in [3.8, 4) is 28.8 Å². The minimum Gasteiger partial charge on any atom is -0.494 e. The highest BCUT2D eigenvalue weighted by Gasteiger charge is 2.32. The maximum atomic E-state index is 14.2. The first-order valence-electron chi connectivity index (χ1n) is 14.1. The van der Waals surface area contributed by atoms with Crippen LogP contribution in [0.2, 0.25) is 0 Å². The van der Waals surface area contributed by atoms with E-state index >= 15 is 0 Å². The molecule has 5 rings (SSSR count). The molecule has 0 aliphatic carbocycles. The third kappa shape index (κ3) is 7.14. The summed E-state index contributed by atoms with van der Waals surface area (Å²) in [5.41, 5.74) is 2.36. The molecule has 0 bridgehead atoms. The molecular formula is C32H35N5O6S. The molecule has 5 aromatic rings. The molecule has 0 unspecified atom stereocenters. The van der Waals surface area contributed by atoms with Crippen molar-refractivity contribution in [2.24, 2.45) is 0 Å². The van der Waals surface area contributed by atoms with Gasteiger partial charge in [0.25, 0.3) is 0 Å². The van der Waals surface area contributed by atoms with E-state index in [0.29, 0.717) is 47.0 Å². The van der Waals surface area contributed by atoms with Crippen molar-refractivity contribution in [3.63, 3.8) is 0 Å². The van der Waals surface area contributed by atoms with Gasteiger partial charge >= 0.3 is 0 Å². The van der Waals surface area contributed by atoms with Gasteiger partial charge in [-0.05, 0) is 55.7 Å². The Morgan fingerprint density at radius 2 is 1.59 bits per heavy atom. The minimum absolute atomic E-state index is 0.119. The van der Waals surface area contributed by atoms with Crippen molar-refractivity contribution in [2.75, 3.05) is 20.8 Å². The van der Waals surface area contributed by atoms with E-state index in [9.17, 15) is 8.42 Å². The summed E-state index contributed by atoms with van der Waals surface area (Å²) in [4.78, 5) is 8.75.